The standard InChI is InChI=1S/C20H22BrNO/c1-20(2)13-22(12-15-5-3-4-6-19(15)23-20)18-10-8-14-7-9-16(21)11-17(14)18/h3-7,9,11,18H,8,10,12-13H2,1-2H3. The molecule has 0 saturated carbocycles. The molecule has 120 valence electrons. The number of hydrogen-bond acceptors (Lipinski definition) is 2. The van der Waals surface area contributed by atoms with Crippen molar-refractivity contribution < 1.29 is 4.74 Å². The minimum Gasteiger partial charge on any atom is -0.486 e. The average Bonchev–Trinajstić information content (AvgIpc) is 2.84. The molecule has 0 aromatic heterocycles. The van der Waals surface area contributed by atoms with E-state index in [0.29, 0.717) is 6.04 Å². The summed E-state index contributed by atoms with van der Waals surface area (Å²) in [6, 6.07) is 15.7. The topological polar surface area (TPSA) is 12.5 Å². The maximum atomic E-state index is 6.29. The number of rotatable bonds is 1. The molecule has 0 bridgehead atoms. The molecule has 2 aromatic rings. The fourth-order valence-corrected chi connectivity index (χ4v) is 4.36. The number of benzene rings is 2. The van der Waals surface area contributed by atoms with Crippen molar-refractivity contribution >= 4 is 15.9 Å². The number of ether oxygens (including phenoxy) is 1. The van der Waals surface area contributed by atoms with Gasteiger partial charge in [0.05, 0.1) is 0 Å². The Kier molecular flexibility index (Phi) is 3.73. The molecule has 3 heteroatoms. The molecule has 0 spiro atoms. The fraction of sp³-hybridized carbons (Fsp3) is 0.400. The summed E-state index contributed by atoms with van der Waals surface area (Å²) in [5.74, 6) is 1.03. The highest BCUT2D eigenvalue weighted by Gasteiger charge is 2.35. The molecule has 0 amide bonds. The van der Waals surface area contributed by atoms with Crippen molar-refractivity contribution in [1.29, 1.82) is 0 Å². The van der Waals surface area contributed by atoms with E-state index in [1.54, 1.807) is 0 Å². The highest BCUT2D eigenvalue weighted by atomic mass is 79.9. The zero-order valence-electron chi connectivity index (χ0n) is 13.7. The summed E-state index contributed by atoms with van der Waals surface area (Å²) in [4.78, 5) is 2.60. The van der Waals surface area contributed by atoms with Crippen molar-refractivity contribution in [3.8, 4) is 5.75 Å². The lowest BCUT2D eigenvalue weighted by Crippen LogP contribution is -2.41. The van der Waals surface area contributed by atoms with Crippen LogP contribution in [0.1, 0.15) is 43.0 Å². The molecule has 1 aliphatic heterocycles. The normalized spacial score (nSPS) is 22.8. The van der Waals surface area contributed by atoms with Gasteiger partial charge in [0, 0.05) is 29.2 Å². The quantitative estimate of drug-likeness (QED) is 0.690. The zero-order valence-corrected chi connectivity index (χ0v) is 15.3. The molecule has 4 rings (SSSR count). The molecule has 2 aromatic carbocycles. The molecule has 1 heterocycles. The molecule has 2 nitrogen and oxygen atoms in total. The minimum atomic E-state index is -0.179. The molecule has 23 heavy (non-hydrogen) atoms. The summed E-state index contributed by atoms with van der Waals surface area (Å²) in [7, 11) is 0. The predicted molar refractivity (Wildman–Crippen MR) is 96.8 cm³/mol. The molecular formula is C20H22BrNO. The van der Waals surface area contributed by atoms with Crippen LogP contribution in [0.5, 0.6) is 5.75 Å². The SMILES string of the molecule is CC1(C)CN(C2CCc3ccc(Br)cc32)Cc2ccccc2O1. The van der Waals surface area contributed by atoms with Gasteiger partial charge >= 0.3 is 0 Å². The Morgan fingerprint density at radius 2 is 1.96 bits per heavy atom. The Morgan fingerprint density at radius 3 is 2.83 bits per heavy atom. The Balaban J connectivity index is 1.72. The van der Waals surface area contributed by atoms with Crippen LogP contribution in [0.2, 0.25) is 0 Å². The maximum Gasteiger partial charge on any atom is 0.124 e. The van der Waals surface area contributed by atoms with Crippen molar-refractivity contribution in [2.45, 2.75) is 44.9 Å². The van der Waals surface area contributed by atoms with Gasteiger partial charge in [0.1, 0.15) is 11.4 Å². The Morgan fingerprint density at radius 1 is 1.13 bits per heavy atom. The first-order valence-corrected chi connectivity index (χ1v) is 9.10. The van der Waals surface area contributed by atoms with Crippen molar-refractivity contribution in [3.63, 3.8) is 0 Å². The van der Waals surface area contributed by atoms with E-state index < -0.39 is 0 Å². The van der Waals surface area contributed by atoms with Crippen molar-refractivity contribution in [2.24, 2.45) is 0 Å². The molecule has 0 saturated heterocycles. The molecule has 0 fully saturated rings. The second-order valence-corrected chi connectivity index (χ2v) is 8.19. The third-order valence-corrected chi connectivity index (χ3v) is 5.40. The lowest BCUT2D eigenvalue weighted by atomic mass is 10.0. The van der Waals surface area contributed by atoms with Crippen molar-refractivity contribution in [3.05, 3.63) is 63.6 Å². The van der Waals surface area contributed by atoms with Crippen LogP contribution in [0, 0.1) is 0 Å². The van der Waals surface area contributed by atoms with E-state index in [9.17, 15) is 0 Å². The number of hydrogen-bond donors (Lipinski definition) is 0. The van der Waals surface area contributed by atoms with E-state index in [2.05, 4.69) is 77.1 Å². The van der Waals surface area contributed by atoms with Crippen LogP contribution in [0.4, 0.5) is 0 Å². The van der Waals surface area contributed by atoms with Gasteiger partial charge < -0.3 is 4.74 Å². The summed E-state index contributed by atoms with van der Waals surface area (Å²) < 4.78 is 7.47. The molecule has 0 N–H and O–H groups in total. The molecule has 2 aliphatic rings. The zero-order chi connectivity index (χ0) is 16.0. The van der Waals surface area contributed by atoms with E-state index in [1.807, 2.05) is 0 Å². The van der Waals surface area contributed by atoms with Gasteiger partial charge in [0.2, 0.25) is 0 Å². The predicted octanol–water partition coefficient (Wildman–Crippen LogP) is 5.11. The Hall–Kier alpha value is -1.32. The third-order valence-electron chi connectivity index (χ3n) is 4.91. The highest BCUT2D eigenvalue weighted by molar-refractivity contribution is 9.10. The van der Waals surface area contributed by atoms with Gasteiger partial charge in [-0.2, -0.15) is 0 Å². The van der Waals surface area contributed by atoms with Crippen LogP contribution in [-0.4, -0.2) is 17.0 Å². The van der Waals surface area contributed by atoms with E-state index in [-0.39, 0.29) is 5.60 Å². The van der Waals surface area contributed by atoms with E-state index >= 15 is 0 Å². The summed E-state index contributed by atoms with van der Waals surface area (Å²) in [6.07, 6.45) is 2.37. The van der Waals surface area contributed by atoms with Crippen LogP contribution in [-0.2, 0) is 13.0 Å². The molecule has 0 radical (unpaired) electrons. The second-order valence-electron chi connectivity index (χ2n) is 7.27. The monoisotopic (exact) mass is 371 g/mol. The Bertz CT molecular complexity index is 740. The van der Waals surface area contributed by atoms with Crippen molar-refractivity contribution in [1.82, 2.24) is 4.90 Å². The summed E-state index contributed by atoms with van der Waals surface area (Å²) in [6.45, 7) is 6.28. The second kappa shape index (κ2) is 5.64. The smallest absolute Gasteiger partial charge is 0.124 e. The molecule has 1 unspecified atom stereocenters. The van der Waals surface area contributed by atoms with Gasteiger partial charge in [0.15, 0.2) is 0 Å². The van der Waals surface area contributed by atoms with Gasteiger partial charge in [-0.1, -0.05) is 40.2 Å². The summed E-state index contributed by atoms with van der Waals surface area (Å²) in [5, 5.41) is 0. The van der Waals surface area contributed by atoms with Crippen LogP contribution in [0.15, 0.2) is 46.9 Å². The van der Waals surface area contributed by atoms with Gasteiger partial charge in [-0.3, -0.25) is 4.90 Å². The lowest BCUT2D eigenvalue weighted by molar-refractivity contribution is 0.0521. The van der Waals surface area contributed by atoms with Gasteiger partial charge in [-0.25, -0.2) is 0 Å². The first-order valence-electron chi connectivity index (χ1n) is 8.31. The van der Waals surface area contributed by atoms with Crippen molar-refractivity contribution in [2.75, 3.05) is 6.54 Å². The van der Waals surface area contributed by atoms with Gasteiger partial charge in [-0.05, 0) is 56.0 Å². The number of fused-ring (bicyclic) bond motifs is 2. The number of aryl methyl sites for hydroxylation is 1. The highest BCUT2D eigenvalue weighted by Crippen LogP contribution is 2.41. The average molecular weight is 372 g/mol. The van der Waals surface area contributed by atoms with Crippen LogP contribution >= 0.6 is 15.9 Å². The van der Waals surface area contributed by atoms with E-state index in [1.165, 1.54) is 34.0 Å². The summed E-state index contributed by atoms with van der Waals surface area (Å²) in [5.41, 5.74) is 4.09. The fourth-order valence-electron chi connectivity index (χ4n) is 3.98. The first kappa shape index (κ1) is 15.2. The van der Waals surface area contributed by atoms with Gasteiger partial charge in [0.25, 0.3) is 0 Å². The van der Waals surface area contributed by atoms with Crippen LogP contribution < -0.4 is 4.74 Å². The summed E-state index contributed by atoms with van der Waals surface area (Å²) >= 11 is 3.64. The molecular weight excluding hydrogens is 350 g/mol. The molecule has 1 aliphatic carbocycles. The number of para-hydroxylation sites is 1. The van der Waals surface area contributed by atoms with E-state index in [4.69, 9.17) is 4.74 Å². The van der Waals surface area contributed by atoms with Crippen LogP contribution in [0.3, 0.4) is 0 Å². The van der Waals surface area contributed by atoms with E-state index in [0.717, 1.165) is 18.8 Å². The Labute approximate surface area is 146 Å². The lowest BCUT2D eigenvalue weighted by Gasteiger charge is -2.33. The number of halogens is 1. The van der Waals surface area contributed by atoms with Gasteiger partial charge in [-0.15, -0.1) is 0 Å². The number of nitrogens with zero attached hydrogens (tertiary/aromatic N) is 1. The minimum absolute atomic E-state index is 0.179. The molecule has 1 atom stereocenters. The van der Waals surface area contributed by atoms with Crippen LogP contribution in [0.25, 0.3) is 0 Å². The third kappa shape index (κ3) is 2.92. The first-order chi connectivity index (χ1) is 11.0. The largest absolute Gasteiger partial charge is 0.486 e. The maximum absolute atomic E-state index is 6.29.